The summed E-state index contributed by atoms with van der Waals surface area (Å²) in [6.45, 7) is 4.63. The summed E-state index contributed by atoms with van der Waals surface area (Å²) in [6, 6.07) is 12.1. The van der Waals surface area contributed by atoms with Crippen LogP contribution in [-0.4, -0.2) is 35.4 Å². The number of carbonyl (C=O) groups excluding carboxylic acids is 1. The number of hydrogen-bond donors (Lipinski definition) is 4. The van der Waals surface area contributed by atoms with E-state index in [9.17, 15) is 13.7 Å². The summed E-state index contributed by atoms with van der Waals surface area (Å²) in [6.07, 6.45) is 1.29. The van der Waals surface area contributed by atoms with Crippen LogP contribution in [0.15, 0.2) is 58.4 Å². The molecule has 3 atom stereocenters. The van der Waals surface area contributed by atoms with Crippen LogP contribution in [0.25, 0.3) is 0 Å². The first kappa shape index (κ1) is 24.8. The van der Waals surface area contributed by atoms with Gasteiger partial charge in [-0.25, -0.2) is 4.39 Å². The van der Waals surface area contributed by atoms with Gasteiger partial charge in [-0.2, -0.15) is 4.99 Å². The fourth-order valence-corrected chi connectivity index (χ4v) is 3.31. The van der Waals surface area contributed by atoms with Gasteiger partial charge in [0.2, 0.25) is 5.96 Å². The highest BCUT2D eigenvalue weighted by molar-refractivity contribution is 7.90. The van der Waals surface area contributed by atoms with Gasteiger partial charge in [-0.05, 0) is 53.3 Å². The Hall–Kier alpha value is -2.46. The number of nitrogens with zero attached hydrogens (tertiary/aromatic N) is 1. The molecule has 2 aromatic rings. The van der Waals surface area contributed by atoms with Crippen molar-refractivity contribution in [2.45, 2.75) is 37.4 Å². The molecular weight excluding hydrogens is 417 g/mol. The van der Waals surface area contributed by atoms with E-state index in [2.05, 4.69) is 15.6 Å². The SMILES string of the molecule is CC(C)CN/C(=N/C(=O)c1cccc([S+](C)[O-])c1)NC(N)CC(N)c1ccc(F)cc1. The number of carbonyl (C=O) groups is 1. The zero-order valence-corrected chi connectivity index (χ0v) is 18.8. The molecule has 0 spiro atoms. The minimum Gasteiger partial charge on any atom is -0.612 e. The predicted molar refractivity (Wildman–Crippen MR) is 122 cm³/mol. The summed E-state index contributed by atoms with van der Waals surface area (Å²) in [5.74, 6) is -0.271. The molecule has 0 aliphatic rings. The molecule has 0 saturated heterocycles. The van der Waals surface area contributed by atoms with Crippen molar-refractivity contribution >= 4 is 23.0 Å². The molecule has 2 aromatic carbocycles. The zero-order valence-electron chi connectivity index (χ0n) is 18.0. The van der Waals surface area contributed by atoms with E-state index in [1.165, 1.54) is 12.1 Å². The first-order valence-corrected chi connectivity index (χ1v) is 11.5. The highest BCUT2D eigenvalue weighted by Crippen LogP contribution is 2.15. The number of aliphatic imine (C=N–C) groups is 1. The van der Waals surface area contributed by atoms with Gasteiger partial charge in [0.25, 0.3) is 5.91 Å². The monoisotopic (exact) mass is 447 g/mol. The van der Waals surface area contributed by atoms with Crippen molar-refractivity contribution in [3.63, 3.8) is 0 Å². The van der Waals surface area contributed by atoms with Crippen LogP contribution in [0.1, 0.15) is 42.2 Å². The maximum absolute atomic E-state index is 13.1. The summed E-state index contributed by atoms with van der Waals surface area (Å²) in [5, 5.41) is 6.10. The molecule has 0 saturated carbocycles. The largest absolute Gasteiger partial charge is 0.612 e. The number of nitrogens with two attached hydrogens (primary N) is 2. The molecule has 0 heterocycles. The van der Waals surface area contributed by atoms with E-state index in [1.54, 1.807) is 42.7 Å². The highest BCUT2D eigenvalue weighted by atomic mass is 32.2. The van der Waals surface area contributed by atoms with E-state index in [4.69, 9.17) is 11.5 Å². The van der Waals surface area contributed by atoms with Crippen molar-refractivity contribution in [3.8, 4) is 0 Å². The first-order chi connectivity index (χ1) is 14.7. The van der Waals surface area contributed by atoms with Gasteiger partial charge in [0.1, 0.15) is 12.1 Å². The molecular formula is C22H30FN5O2S. The topological polar surface area (TPSA) is 129 Å². The molecule has 6 N–H and O–H groups in total. The van der Waals surface area contributed by atoms with Crippen molar-refractivity contribution in [1.29, 1.82) is 0 Å². The van der Waals surface area contributed by atoms with E-state index in [0.29, 0.717) is 29.3 Å². The molecule has 168 valence electrons. The van der Waals surface area contributed by atoms with E-state index >= 15 is 0 Å². The standard InChI is InChI=1S/C22H30FN5O2S/c1-14(2)13-26-22(28-21(29)16-5-4-6-18(11-16)31(3)30)27-20(25)12-19(24)15-7-9-17(23)10-8-15/h4-11,14,19-20H,12-13,24-25H2,1-3H3,(H2,26,27,28,29). The zero-order chi connectivity index (χ0) is 23.0. The van der Waals surface area contributed by atoms with Gasteiger partial charge in [-0.1, -0.05) is 32.0 Å². The predicted octanol–water partition coefficient (Wildman–Crippen LogP) is 2.27. The average Bonchev–Trinajstić information content (AvgIpc) is 2.72. The molecule has 9 heteroatoms. The Labute approximate surface area is 185 Å². The van der Waals surface area contributed by atoms with Crippen LogP contribution in [0, 0.1) is 11.7 Å². The maximum Gasteiger partial charge on any atom is 0.280 e. The summed E-state index contributed by atoms with van der Waals surface area (Å²) in [4.78, 5) is 17.3. The van der Waals surface area contributed by atoms with Crippen molar-refractivity contribution < 1.29 is 13.7 Å². The fourth-order valence-electron chi connectivity index (χ4n) is 2.75. The van der Waals surface area contributed by atoms with Crippen LogP contribution < -0.4 is 22.1 Å². The summed E-state index contributed by atoms with van der Waals surface area (Å²) >= 11 is -1.20. The van der Waals surface area contributed by atoms with Crippen molar-refractivity contribution in [3.05, 3.63) is 65.5 Å². The van der Waals surface area contributed by atoms with Crippen molar-refractivity contribution in [1.82, 2.24) is 10.6 Å². The molecule has 2 rings (SSSR count). The van der Waals surface area contributed by atoms with Gasteiger partial charge in [0.15, 0.2) is 4.90 Å². The van der Waals surface area contributed by atoms with E-state index in [-0.39, 0.29) is 11.8 Å². The van der Waals surface area contributed by atoms with Crippen molar-refractivity contribution in [2.75, 3.05) is 12.8 Å². The summed E-state index contributed by atoms with van der Waals surface area (Å²) in [7, 11) is 0. The Balaban J connectivity index is 2.12. The van der Waals surface area contributed by atoms with Crippen LogP contribution in [0.4, 0.5) is 4.39 Å². The minimum atomic E-state index is -1.20. The second-order valence-corrected chi connectivity index (χ2v) is 9.05. The van der Waals surface area contributed by atoms with Gasteiger partial charge in [-0.3, -0.25) is 4.79 Å². The fraction of sp³-hybridized carbons (Fsp3) is 0.364. The van der Waals surface area contributed by atoms with Gasteiger partial charge >= 0.3 is 0 Å². The van der Waals surface area contributed by atoms with Gasteiger partial charge in [-0.15, -0.1) is 0 Å². The molecule has 0 fully saturated rings. The lowest BCUT2D eigenvalue weighted by molar-refractivity contribution is 0.100. The smallest absolute Gasteiger partial charge is 0.280 e. The summed E-state index contributed by atoms with van der Waals surface area (Å²) in [5.41, 5.74) is 13.5. The minimum absolute atomic E-state index is 0.237. The lowest BCUT2D eigenvalue weighted by Gasteiger charge is -2.22. The number of rotatable bonds is 8. The number of amides is 1. The lowest BCUT2D eigenvalue weighted by atomic mass is 10.0. The molecule has 0 aromatic heterocycles. The number of nitrogens with one attached hydrogen (secondary N) is 2. The third-order valence-electron chi connectivity index (χ3n) is 4.43. The maximum atomic E-state index is 13.1. The highest BCUT2D eigenvalue weighted by Gasteiger charge is 2.16. The van der Waals surface area contributed by atoms with E-state index in [0.717, 1.165) is 5.56 Å². The number of benzene rings is 2. The number of guanidine groups is 1. The Morgan fingerprint density at radius 2 is 1.87 bits per heavy atom. The quantitative estimate of drug-likeness (QED) is 0.213. The molecule has 0 bridgehead atoms. The Bertz CT molecular complexity index is 890. The van der Waals surface area contributed by atoms with Crippen molar-refractivity contribution in [2.24, 2.45) is 22.4 Å². The first-order valence-electron chi connectivity index (χ1n) is 9.99. The van der Waals surface area contributed by atoms with Gasteiger partial charge in [0.05, 0.1) is 6.17 Å². The molecule has 7 nitrogen and oxygen atoms in total. The van der Waals surface area contributed by atoms with Gasteiger partial charge in [0, 0.05) is 24.2 Å². The molecule has 31 heavy (non-hydrogen) atoms. The Morgan fingerprint density at radius 3 is 2.48 bits per heavy atom. The normalized spacial score (nSPS) is 14.8. The molecule has 0 radical (unpaired) electrons. The van der Waals surface area contributed by atoms with Gasteiger partial charge < -0.3 is 26.7 Å². The van der Waals surface area contributed by atoms with Crippen LogP contribution in [0.3, 0.4) is 0 Å². The van der Waals surface area contributed by atoms with E-state index in [1.807, 2.05) is 13.8 Å². The number of hydrogen-bond acceptors (Lipinski definition) is 4. The van der Waals surface area contributed by atoms with Crippen LogP contribution >= 0.6 is 0 Å². The second kappa shape index (κ2) is 11.8. The second-order valence-electron chi connectivity index (χ2n) is 7.67. The lowest BCUT2D eigenvalue weighted by Crippen LogP contribution is -2.49. The molecule has 0 aliphatic heterocycles. The number of halogens is 1. The third-order valence-corrected chi connectivity index (χ3v) is 5.35. The Morgan fingerprint density at radius 1 is 1.19 bits per heavy atom. The van der Waals surface area contributed by atoms with E-state index < -0.39 is 29.3 Å². The molecule has 0 aliphatic carbocycles. The average molecular weight is 448 g/mol. The third kappa shape index (κ3) is 8.29. The van der Waals surface area contributed by atoms with Crippen LogP contribution in [-0.2, 0) is 11.2 Å². The molecule has 1 amide bonds. The molecule has 3 unspecified atom stereocenters. The van der Waals surface area contributed by atoms with Crippen LogP contribution in [0.5, 0.6) is 0 Å². The van der Waals surface area contributed by atoms with Crippen LogP contribution in [0.2, 0.25) is 0 Å². The summed E-state index contributed by atoms with van der Waals surface area (Å²) < 4.78 is 24.8. The Kier molecular flexibility index (Phi) is 9.44.